The van der Waals surface area contributed by atoms with Gasteiger partial charge in [-0.05, 0) is 57.3 Å². The average Bonchev–Trinajstić information content (AvgIpc) is 3.00. The molecule has 0 rings (SSSR count). The normalized spacial score (nSPS) is 11.6. The number of rotatable bonds is 20. The first-order valence-electron chi connectivity index (χ1n) is 16.3. The number of amides is 1. The number of hydrogen-bond donors (Lipinski definition) is 2. The van der Waals surface area contributed by atoms with Gasteiger partial charge in [-0.2, -0.15) is 0 Å². The van der Waals surface area contributed by atoms with Crippen molar-refractivity contribution in [3.8, 4) is 0 Å². The molecule has 1 amide bonds. The highest BCUT2D eigenvalue weighted by Crippen LogP contribution is 2.06. The zero-order valence-electron chi connectivity index (χ0n) is 28.7. The maximum Gasteiger partial charge on any atom is 0.326 e. The largest absolute Gasteiger partial charge is 0.480 e. The van der Waals surface area contributed by atoms with Crippen molar-refractivity contribution in [1.82, 2.24) is 5.32 Å². The van der Waals surface area contributed by atoms with E-state index in [0.717, 1.165) is 32.1 Å². The lowest BCUT2D eigenvalue weighted by Crippen LogP contribution is -2.41. The van der Waals surface area contributed by atoms with Crippen LogP contribution in [0.25, 0.3) is 0 Å². The third kappa shape index (κ3) is 38.8. The van der Waals surface area contributed by atoms with Crippen LogP contribution in [0.3, 0.4) is 0 Å². The molecule has 0 aromatic heterocycles. The van der Waals surface area contributed by atoms with Crippen LogP contribution >= 0.6 is 0 Å². The van der Waals surface area contributed by atoms with E-state index in [4.69, 9.17) is 9.84 Å². The quantitative estimate of drug-likeness (QED) is 0.0619. The molecule has 43 heavy (non-hydrogen) atoms. The third-order valence-electron chi connectivity index (χ3n) is 5.03. The first-order valence-corrected chi connectivity index (χ1v) is 16.3. The van der Waals surface area contributed by atoms with Crippen LogP contribution in [-0.4, -0.2) is 35.0 Å². The molecule has 248 valence electrons. The van der Waals surface area contributed by atoms with Crippen LogP contribution in [0.4, 0.5) is 0 Å². The average molecular weight is 606 g/mol. The second-order valence-corrected chi connectivity index (χ2v) is 9.03. The molecule has 7 heteroatoms. The van der Waals surface area contributed by atoms with E-state index in [1.807, 2.05) is 67.5 Å². The summed E-state index contributed by atoms with van der Waals surface area (Å²) in [7, 11) is 0. The minimum Gasteiger partial charge on any atom is -0.480 e. The summed E-state index contributed by atoms with van der Waals surface area (Å²) < 4.78 is 4.72. The molecule has 0 unspecified atom stereocenters. The zero-order valence-corrected chi connectivity index (χ0v) is 28.7. The summed E-state index contributed by atoms with van der Waals surface area (Å²) >= 11 is 0. The van der Waals surface area contributed by atoms with Gasteiger partial charge in [0.05, 0.1) is 6.42 Å². The lowest BCUT2D eigenvalue weighted by molar-refractivity contribution is -0.160. The second-order valence-electron chi connectivity index (χ2n) is 9.03. The summed E-state index contributed by atoms with van der Waals surface area (Å²) in [5.41, 5.74) is 0. The van der Waals surface area contributed by atoms with Gasteiger partial charge in [-0.25, -0.2) is 4.79 Å². The van der Waals surface area contributed by atoms with Crippen molar-refractivity contribution < 1.29 is 29.0 Å². The van der Waals surface area contributed by atoms with Crippen molar-refractivity contribution in [2.75, 3.05) is 0 Å². The number of carboxylic acid groups (broad SMARTS) is 1. The molecule has 0 aliphatic heterocycles. The van der Waals surface area contributed by atoms with Crippen molar-refractivity contribution in [3.05, 3.63) is 60.8 Å². The Morgan fingerprint density at radius 2 is 1.07 bits per heavy atom. The summed E-state index contributed by atoms with van der Waals surface area (Å²) in [6, 6.07) is -0.999. The Bertz CT molecular complexity index is 822. The molecule has 0 heterocycles. The summed E-state index contributed by atoms with van der Waals surface area (Å²) in [5.74, 6) is -2.99. The number of allylic oxidation sites excluding steroid dienone is 10. The van der Waals surface area contributed by atoms with Gasteiger partial charge in [0, 0.05) is 12.8 Å². The first kappa shape index (κ1) is 46.7. The van der Waals surface area contributed by atoms with Gasteiger partial charge in [0.2, 0.25) is 5.91 Å². The Labute approximate surface area is 263 Å². The molecule has 0 aliphatic rings. The van der Waals surface area contributed by atoms with Crippen molar-refractivity contribution in [1.29, 1.82) is 0 Å². The molecule has 0 aromatic carbocycles. The predicted molar refractivity (Wildman–Crippen MR) is 182 cm³/mol. The van der Waals surface area contributed by atoms with Crippen LogP contribution in [-0.2, 0) is 23.9 Å². The molecular weight excluding hydrogens is 542 g/mol. The van der Waals surface area contributed by atoms with Crippen molar-refractivity contribution in [3.63, 3.8) is 0 Å². The summed E-state index contributed by atoms with van der Waals surface area (Å²) in [6.45, 7) is 17.8. The topological polar surface area (TPSA) is 110 Å². The summed E-state index contributed by atoms with van der Waals surface area (Å²) in [6.07, 6.45) is 27.1. The minimum absolute atomic E-state index is 0.0959. The smallest absolute Gasteiger partial charge is 0.326 e. The highest BCUT2D eigenvalue weighted by molar-refractivity contribution is 5.89. The maximum absolute atomic E-state index is 11.9. The predicted octanol–water partition coefficient (Wildman–Crippen LogP) is 9.45. The Morgan fingerprint density at radius 1 is 0.651 bits per heavy atom. The number of carbonyl (C=O) groups excluding carboxylic acids is 3. The molecule has 0 radical (unpaired) electrons. The molecule has 0 aliphatic carbocycles. The fourth-order valence-corrected chi connectivity index (χ4v) is 3.14. The van der Waals surface area contributed by atoms with Gasteiger partial charge in [-0.15, -0.1) is 0 Å². The van der Waals surface area contributed by atoms with E-state index in [1.54, 1.807) is 0 Å². The number of esters is 2. The van der Waals surface area contributed by atoms with E-state index in [2.05, 4.69) is 60.8 Å². The maximum atomic E-state index is 11.9. The molecule has 0 fully saturated rings. The Balaban J connectivity index is -0.00000118. The monoisotopic (exact) mass is 605 g/mol. The van der Waals surface area contributed by atoms with Crippen molar-refractivity contribution in [2.24, 2.45) is 5.92 Å². The number of ether oxygens (including phenoxy) is 1. The van der Waals surface area contributed by atoms with E-state index >= 15 is 0 Å². The molecule has 0 bridgehead atoms. The zero-order chi connectivity index (χ0) is 33.7. The van der Waals surface area contributed by atoms with Crippen LogP contribution in [0.2, 0.25) is 0 Å². The molecule has 2 N–H and O–H groups in total. The number of hydrogen-bond acceptors (Lipinski definition) is 5. The Morgan fingerprint density at radius 3 is 1.49 bits per heavy atom. The van der Waals surface area contributed by atoms with Gasteiger partial charge in [0.1, 0.15) is 6.04 Å². The van der Waals surface area contributed by atoms with Gasteiger partial charge in [0.25, 0.3) is 0 Å². The molecule has 0 saturated carbocycles. The number of unbranched alkanes of at least 4 members (excludes halogenated alkanes) is 1. The molecule has 0 aromatic rings. The van der Waals surface area contributed by atoms with Crippen LogP contribution in [0.15, 0.2) is 60.8 Å². The van der Waals surface area contributed by atoms with E-state index < -0.39 is 29.9 Å². The molecule has 7 nitrogen and oxygen atoms in total. The Hall–Kier alpha value is -3.22. The molecular formula is C36H63NO6. The Kier molecular flexibility index (Phi) is 42.1. The fraction of sp³-hybridized carbons (Fsp3) is 0.611. The SMILES string of the molecule is CC.CC.CC.CC/C=C\C/C=C\C/C=C\C/C=C\C/C=C\CCCC(=O)OC(=O)CCC(=O)N[C@@H](CC(C)C)C(=O)O. The van der Waals surface area contributed by atoms with Crippen molar-refractivity contribution >= 4 is 23.8 Å². The number of carboxylic acids is 1. The second kappa shape index (κ2) is 38.8. The lowest BCUT2D eigenvalue weighted by atomic mass is 10.0. The van der Waals surface area contributed by atoms with Gasteiger partial charge >= 0.3 is 17.9 Å². The van der Waals surface area contributed by atoms with Crippen LogP contribution in [0.5, 0.6) is 0 Å². The first-order chi connectivity index (χ1) is 20.8. The van der Waals surface area contributed by atoms with E-state index in [1.165, 1.54) is 0 Å². The molecule has 0 spiro atoms. The standard InChI is InChI=1S/C30H45NO6.3C2H6/c1-4-5-6-7-8-9-10-11-12-13-14-15-16-17-18-19-20-21-28(33)37-29(34)23-22-27(32)31-26(30(35)36)24-25(2)3;3*1-2/h5-6,8-9,11-12,14-15,17-18,25-26H,4,7,10,13,16,19-24H2,1-3H3,(H,31,32)(H,35,36);3*1-2H3/b6-5-,9-8-,12-11-,15-14-,18-17-;;;/t26-;;;/m0.../s1. The van der Waals surface area contributed by atoms with Crippen LogP contribution < -0.4 is 5.32 Å². The van der Waals surface area contributed by atoms with E-state index in [-0.39, 0.29) is 25.2 Å². The number of aliphatic carboxylic acids is 1. The highest BCUT2D eigenvalue weighted by Gasteiger charge is 2.21. The van der Waals surface area contributed by atoms with Crippen LogP contribution in [0, 0.1) is 5.92 Å². The van der Waals surface area contributed by atoms with Gasteiger partial charge in [-0.1, -0.05) is 123 Å². The minimum atomic E-state index is -1.12. The summed E-state index contributed by atoms with van der Waals surface area (Å²) in [5, 5.41) is 11.5. The van der Waals surface area contributed by atoms with Gasteiger partial charge in [-0.3, -0.25) is 14.4 Å². The number of carbonyl (C=O) groups is 4. The third-order valence-corrected chi connectivity index (χ3v) is 5.03. The highest BCUT2D eigenvalue weighted by atomic mass is 16.6. The van der Waals surface area contributed by atoms with Gasteiger partial charge in [0.15, 0.2) is 0 Å². The van der Waals surface area contributed by atoms with Gasteiger partial charge < -0.3 is 15.2 Å². The van der Waals surface area contributed by atoms with E-state index in [0.29, 0.717) is 19.3 Å². The van der Waals surface area contributed by atoms with Crippen molar-refractivity contribution in [2.45, 2.75) is 139 Å². The molecule has 1 atom stereocenters. The van der Waals surface area contributed by atoms with Crippen LogP contribution in [0.1, 0.15) is 133 Å². The summed E-state index contributed by atoms with van der Waals surface area (Å²) in [4.78, 5) is 46.6. The lowest BCUT2D eigenvalue weighted by Gasteiger charge is -2.16. The molecule has 0 saturated heterocycles. The fourth-order valence-electron chi connectivity index (χ4n) is 3.14. The number of nitrogens with one attached hydrogen (secondary N) is 1. The van der Waals surface area contributed by atoms with E-state index in [9.17, 15) is 19.2 Å².